The van der Waals surface area contributed by atoms with Gasteiger partial charge in [-0.3, -0.25) is 9.63 Å². The van der Waals surface area contributed by atoms with Crippen LogP contribution in [0.15, 0.2) is 0 Å². The standard InChI is InChI=1S/C10H19NO4S2/c1-8(2)5-15-11-10(12)6-16-9-3-4-17(13,14)7-9/h8-9H,3-7H2,1-2H3,(H,11,12). The molecule has 0 bridgehead atoms. The predicted octanol–water partition coefficient (Wildman–Crippen LogP) is 0.611. The molecular formula is C10H19NO4S2. The predicted molar refractivity (Wildman–Crippen MR) is 68.4 cm³/mol. The molecule has 1 N–H and O–H groups in total. The molecule has 1 rings (SSSR count). The Morgan fingerprint density at radius 2 is 2.24 bits per heavy atom. The lowest BCUT2D eigenvalue weighted by atomic mass is 10.2. The number of carbonyl (C=O) groups is 1. The molecule has 1 heterocycles. The molecule has 17 heavy (non-hydrogen) atoms. The minimum Gasteiger partial charge on any atom is -0.273 e. The van der Waals surface area contributed by atoms with Crippen molar-refractivity contribution in [2.24, 2.45) is 5.92 Å². The SMILES string of the molecule is CC(C)CONC(=O)CSC1CCS(=O)(=O)C1. The first kappa shape index (κ1) is 14.8. The van der Waals surface area contributed by atoms with E-state index in [1.54, 1.807) is 0 Å². The minimum atomic E-state index is -2.86. The normalized spacial score (nSPS) is 22.9. The highest BCUT2D eigenvalue weighted by atomic mass is 32.2. The van der Waals surface area contributed by atoms with Crippen molar-refractivity contribution in [3.63, 3.8) is 0 Å². The lowest BCUT2D eigenvalue weighted by molar-refractivity contribution is -0.131. The zero-order valence-electron chi connectivity index (χ0n) is 10.1. The van der Waals surface area contributed by atoms with E-state index in [9.17, 15) is 13.2 Å². The Morgan fingerprint density at radius 3 is 2.76 bits per heavy atom. The van der Waals surface area contributed by atoms with Crippen molar-refractivity contribution in [1.82, 2.24) is 5.48 Å². The van der Waals surface area contributed by atoms with Crippen LogP contribution in [-0.4, -0.2) is 43.4 Å². The van der Waals surface area contributed by atoms with E-state index in [1.165, 1.54) is 11.8 Å². The van der Waals surface area contributed by atoms with Crippen molar-refractivity contribution in [2.45, 2.75) is 25.5 Å². The topological polar surface area (TPSA) is 72.5 Å². The van der Waals surface area contributed by atoms with Crippen molar-refractivity contribution in [3.05, 3.63) is 0 Å². The number of amides is 1. The highest BCUT2D eigenvalue weighted by molar-refractivity contribution is 8.02. The van der Waals surface area contributed by atoms with Gasteiger partial charge in [0.2, 0.25) is 0 Å². The summed E-state index contributed by atoms with van der Waals surface area (Å²) in [6.45, 7) is 4.46. The largest absolute Gasteiger partial charge is 0.273 e. The van der Waals surface area contributed by atoms with E-state index in [2.05, 4.69) is 5.48 Å². The van der Waals surface area contributed by atoms with E-state index in [0.717, 1.165) is 0 Å². The van der Waals surface area contributed by atoms with E-state index >= 15 is 0 Å². The van der Waals surface area contributed by atoms with Crippen LogP contribution < -0.4 is 5.48 Å². The molecule has 7 heteroatoms. The molecule has 1 amide bonds. The second-order valence-corrected chi connectivity index (χ2v) is 8.08. The molecule has 1 fully saturated rings. The van der Waals surface area contributed by atoms with Crippen LogP contribution in [0, 0.1) is 5.92 Å². The molecule has 1 aliphatic heterocycles. The van der Waals surface area contributed by atoms with Crippen molar-refractivity contribution in [1.29, 1.82) is 0 Å². The highest BCUT2D eigenvalue weighted by Gasteiger charge is 2.28. The Morgan fingerprint density at radius 1 is 1.53 bits per heavy atom. The van der Waals surface area contributed by atoms with Crippen LogP contribution >= 0.6 is 11.8 Å². The minimum absolute atomic E-state index is 0.0517. The second kappa shape index (κ2) is 6.61. The van der Waals surface area contributed by atoms with Gasteiger partial charge in [-0.15, -0.1) is 11.8 Å². The number of carbonyl (C=O) groups excluding carboxylic acids is 1. The van der Waals surface area contributed by atoms with Gasteiger partial charge in [-0.25, -0.2) is 13.9 Å². The fourth-order valence-electron chi connectivity index (χ4n) is 1.40. The molecule has 1 saturated heterocycles. The van der Waals surface area contributed by atoms with Crippen LogP contribution in [0.25, 0.3) is 0 Å². The fourth-order valence-corrected chi connectivity index (χ4v) is 4.83. The Bertz CT molecular complexity index is 353. The second-order valence-electron chi connectivity index (χ2n) is 4.57. The number of sulfone groups is 1. The molecule has 0 aromatic carbocycles. The maximum Gasteiger partial charge on any atom is 0.253 e. The maximum atomic E-state index is 11.3. The summed E-state index contributed by atoms with van der Waals surface area (Å²) in [5, 5.41) is 0.0517. The molecule has 0 aliphatic carbocycles. The van der Waals surface area contributed by atoms with E-state index in [-0.39, 0.29) is 28.4 Å². The van der Waals surface area contributed by atoms with Gasteiger partial charge in [-0.05, 0) is 12.3 Å². The van der Waals surface area contributed by atoms with Crippen LogP contribution in [0.5, 0.6) is 0 Å². The first-order valence-corrected chi connectivity index (χ1v) is 8.49. The summed E-state index contributed by atoms with van der Waals surface area (Å²) < 4.78 is 22.4. The Balaban J connectivity index is 2.12. The molecule has 0 aromatic heterocycles. The van der Waals surface area contributed by atoms with E-state index < -0.39 is 9.84 Å². The summed E-state index contributed by atoms with van der Waals surface area (Å²) in [6, 6.07) is 0. The number of hydrogen-bond acceptors (Lipinski definition) is 5. The average molecular weight is 281 g/mol. The summed E-state index contributed by atoms with van der Waals surface area (Å²) >= 11 is 1.38. The Labute approximate surface area is 107 Å². The van der Waals surface area contributed by atoms with Gasteiger partial charge in [0.15, 0.2) is 9.84 Å². The highest BCUT2D eigenvalue weighted by Crippen LogP contribution is 2.23. The average Bonchev–Trinajstić information content (AvgIpc) is 2.55. The summed E-state index contributed by atoms with van der Waals surface area (Å²) in [5.74, 6) is 0.842. The molecule has 100 valence electrons. The summed E-state index contributed by atoms with van der Waals surface area (Å²) in [4.78, 5) is 16.3. The number of thioether (sulfide) groups is 1. The lowest BCUT2D eigenvalue weighted by Crippen LogP contribution is -2.28. The molecule has 0 radical (unpaired) electrons. The number of nitrogens with one attached hydrogen (secondary N) is 1. The molecule has 1 atom stereocenters. The van der Waals surface area contributed by atoms with Gasteiger partial charge in [0.05, 0.1) is 23.9 Å². The van der Waals surface area contributed by atoms with Gasteiger partial charge in [0, 0.05) is 5.25 Å². The maximum absolute atomic E-state index is 11.3. The van der Waals surface area contributed by atoms with Crippen molar-refractivity contribution >= 4 is 27.5 Å². The Kier molecular flexibility index (Phi) is 5.75. The van der Waals surface area contributed by atoms with Gasteiger partial charge in [0.25, 0.3) is 5.91 Å². The first-order valence-electron chi connectivity index (χ1n) is 5.61. The molecule has 1 aliphatic rings. The molecule has 1 unspecified atom stereocenters. The van der Waals surface area contributed by atoms with Crippen LogP contribution in [0.1, 0.15) is 20.3 Å². The van der Waals surface area contributed by atoms with Crippen LogP contribution in [0.4, 0.5) is 0 Å². The monoisotopic (exact) mass is 281 g/mol. The van der Waals surface area contributed by atoms with Gasteiger partial charge in [-0.2, -0.15) is 0 Å². The first-order chi connectivity index (χ1) is 7.89. The van der Waals surface area contributed by atoms with E-state index in [0.29, 0.717) is 18.9 Å². The number of rotatable bonds is 6. The fraction of sp³-hybridized carbons (Fsp3) is 0.900. The number of hydroxylamine groups is 1. The summed E-state index contributed by atoms with van der Waals surface area (Å²) in [7, 11) is -2.86. The van der Waals surface area contributed by atoms with Crippen LogP contribution in [0.2, 0.25) is 0 Å². The third kappa shape index (κ3) is 6.28. The number of hydrogen-bond donors (Lipinski definition) is 1. The smallest absolute Gasteiger partial charge is 0.253 e. The van der Waals surface area contributed by atoms with Gasteiger partial charge >= 0.3 is 0 Å². The molecule has 0 aromatic rings. The van der Waals surface area contributed by atoms with Crippen molar-refractivity contribution < 1.29 is 18.0 Å². The van der Waals surface area contributed by atoms with E-state index in [1.807, 2.05) is 13.8 Å². The third-order valence-corrected chi connectivity index (χ3v) is 5.53. The van der Waals surface area contributed by atoms with Gasteiger partial charge in [-0.1, -0.05) is 13.8 Å². The van der Waals surface area contributed by atoms with Crippen LogP contribution in [0.3, 0.4) is 0 Å². The van der Waals surface area contributed by atoms with Crippen molar-refractivity contribution in [3.8, 4) is 0 Å². The van der Waals surface area contributed by atoms with Gasteiger partial charge in [0.1, 0.15) is 0 Å². The van der Waals surface area contributed by atoms with Gasteiger partial charge < -0.3 is 0 Å². The molecular weight excluding hydrogens is 262 g/mol. The zero-order chi connectivity index (χ0) is 12.9. The summed E-state index contributed by atoms with van der Waals surface area (Å²) in [6.07, 6.45) is 0.646. The molecule has 0 saturated carbocycles. The third-order valence-electron chi connectivity index (χ3n) is 2.24. The summed E-state index contributed by atoms with van der Waals surface area (Å²) in [5.41, 5.74) is 2.35. The zero-order valence-corrected chi connectivity index (χ0v) is 11.8. The molecule has 5 nitrogen and oxygen atoms in total. The quantitative estimate of drug-likeness (QED) is 0.722. The van der Waals surface area contributed by atoms with Crippen molar-refractivity contribution in [2.75, 3.05) is 23.9 Å². The Hall–Kier alpha value is -0.270. The molecule has 0 spiro atoms. The lowest BCUT2D eigenvalue weighted by Gasteiger charge is -2.09. The van der Waals surface area contributed by atoms with E-state index in [4.69, 9.17) is 4.84 Å². The van der Waals surface area contributed by atoms with Crippen LogP contribution in [-0.2, 0) is 19.5 Å².